The molecule has 0 aliphatic rings. The Morgan fingerprint density at radius 1 is 1.44 bits per heavy atom. The molecule has 0 saturated carbocycles. The fraction of sp³-hybridized carbons (Fsp3) is 0.455. The monoisotopic (exact) mass is 219 g/mol. The van der Waals surface area contributed by atoms with Crippen molar-refractivity contribution in [3.8, 4) is 0 Å². The number of hydrogen-bond acceptors (Lipinski definition) is 3. The van der Waals surface area contributed by atoms with Crippen LogP contribution in [0.25, 0.3) is 0 Å². The highest BCUT2D eigenvalue weighted by Gasteiger charge is 2.00. The van der Waals surface area contributed by atoms with Crippen molar-refractivity contribution in [2.75, 3.05) is 11.9 Å². The first-order valence-corrected chi connectivity index (χ1v) is 5.50. The maximum absolute atomic E-state index is 4.41. The van der Waals surface area contributed by atoms with Crippen LogP contribution >= 0.6 is 0 Å². The van der Waals surface area contributed by atoms with Crippen LogP contribution in [0, 0.1) is 13.8 Å². The van der Waals surface area contributed by atoms with E-state index in [0.717, 1.165) is 31.2 Å². The Morgan fingerprint density at radius 2 is 2.31 bits per heavy atom. The molecule has 0 saturated heterocycles. The third-order valence-corrected chi connectivity index (χ3v) is 2.44. The number of aryl methyl sites for hydroxylation is 3. The largest absolute Gasteiger partial charge is 0.356 e. The molecule has 0 atom stereocenters. The van der Waals surface area contributed by atoms with E-state index in [-0.39, 0.29) is 0 Å². The summed E-state index contributed by atoms with van der Waals surface area (Å²) in [6.45, 7) is 5.93. The second-order valence-electron chi connectivity index (χ2n) is 3.87. The van der Waals surface area contributed by atoms with Crippen LogP contribution < -0.4 is 5.32 Å². The van der Waals surface area contributed by atoms with E-state index in [0.29, 0.717) is 0 Å². The number of nitrogens with one attached hydrogen (secondary N) is 2. The van der Waals surface area contributed by atoms with E-state index < -0.39 is 0 Å². The highest BCUT2D eigenvalue weighted by molar-refractivity contribution is 5.22. The van der Waals surface area contributed by atoms with Gasteiger partial charge < -0.3 is 10.3 Å². The second-order valence-corrected chi connectivity index (χ2v) is 3.87. The van der Waals surface area contributed by atoms with E-state index in [9.17, 15) is 0 Å². The first-order chi connectivity index (χ1) is 7.75. The maximum Gasteiger partial charge on any atom is 0.200 e. The normalized spacial score (nSPS) is 10.6. The fourth-order valence-electron chi connectivity index (χ4n) is 1.70. The molecule has 2 aromatic heterocycles. The van der Waals surface area contributed by atoms with Crippen LogP contribution in [0.15, 0.2) is 18.5 Å². The predicted octanol–water partition coefficient (Wildman–Crippen LogP) is 1.73. The summed E-state index contributed by atoms with van der Waals surface area (Å²) in [5.41, 5.74) is 2.30. The van der Waals surface area contributed by atoms with Crippen molar-refractivity contribution >= 4 is 5.95 Å². The van der Waals surface area contributed by atoms with Gasteiger partial charge >= 0.3 is 0 Å². The smallest absolute Gasteiger partial charge is 0.200 e. The predicted molar refractivity (Wildman–Crippen MR) is 63.4 cm³/mol. The third-order valence-electron chi connectivity index (χ3n) is 2.44. The van der Waals surface area contributed by atoms with Crippen molar-refractivity contribution in [2.24, 2.45) is 0 Å². The van der Waals surface area contributed by atoms with Crippen LogP contribution in [-0.2, 0) is 6.54 Å². The van der Waals surface area contributed by atoms with Crippen LogP contribution in [0.2, 0.25) is 0 Å². The van der Waals surface area contributed by atoms with Gasteiger partial charge in [-0.15, -0.1) is 0 Å². The van der Waals surface area contributed by atoms with Gasteiger partial charge in [0.15, 0.2) is 5.95 Å². The summed E-state index contributed by atoms with van der Waals surface area (Å²) in [6, 6.07) is 2.10. The number of H-pyrrole nitrogens is 1. The van der Waals surface area contributed by atoms with Gasteiger partial charge in [0.25, 0.3) is 0 Å². The van der Waals surface area contributed by atoms with Gasteiger partial charge in [-0.1, -0.05) is 0 Å². The van der Waals surface area contributed by atoms with Gasteiger partial charge in [-0.25, -0.2) is 4.98 Å². The number of anilines is 1. The topological polar surface area (TPSA) is 58.5 Å². The van der Waals surface area contributed by atoms with Gasteiger partial charge in [-0.05, 0) is 26.3 Å². The number of aromatic amines is 1. The van der Waals surface area contributed by atoms with Gasteiger partial charge in [0.05, 0.1) is 5.69 Å². The maximum atomic E-state index is 4.41. The first kappa shape index (κ1) is 10.7. The molecule has 2 aromatic rings. The Morgan fingerprint density at radius 3 is 2.94 bits per heavy atom. The second kappa shape index (κ2) is 4.83. The lowest BCUT2D eigenvalue weighted by Crippen LogP contribution is -2.09. The number of aromatic nitrogens is 4. The molecule has 0 aliphatic heterocycles. The molecule has 0 radical (unpaired) electrons. The van der Waals surface area contributed by atoms with E-state index in [1.807, 2.05) is 17.8 Å². The van der Waals surface area contributed by atoms with Crippen LogP contribution in [0.1, 0.15) is 17.8 Å². The summed E-state index contributed by atoms with van der Waals surface area (Å²) >= 11 is 0. The van der Waals surface area contributed by atoms with Gasteiger partial charge in [0.1, 0.15) is 0 Å². The van der Waals surface area contributed by atoms with Crippen molar-refractivity contribution in [3.63, 3.8) is 0 Å². The molecule has 0 fully saturated rings. The zero-order valence-electron chi connectivity index (χ0n) is 9.70. The average Bonchev–Trinajstić information content (AvgIpc) is 2.84. The molecule has 0 aliphatic carbocycles. The minimum absolute atomic E-state index is 0.827. The van der Waals surface area contributed by atoms with Gasteiger partial charge in [-0.3, -0.25) is 4.68 Å². The first-order valence-electron chi connectivity index (χ1n) is 5.50. The molecule has 2 heterocycles. The molecular formula is C11H17N5. The molecule has 16 heavy (non-hydrogen) atoms. The molecule has 0 bridgehead atoms. The van der Waals surface area contributed by atoms with E-state index >= 15 is 0 Å². The number of nitrogens with zero attached hydrogens (tertiary/aromatic N) is 3. The Balaban J connectivity index is 1.74. The highest BCUT2D eigenvalue weighted by atomic mass is 15.3. The zero-order chi connectivity index (χ0) is 11.4. The minimum atomic E-state index is 0.827. The Labute approximate surface area is 94.9 Å². The molecule has 5 nitrogen and oxygen atoms in total. The summed E-state index contributed by atoms with van der Waals surface area (Å²) in [7, 11) is 0. The van der Waals surface area contributed by atoms with Crippen LogP contribution in [0.3, 0.4) is 0 Å². The Kier molecular flexibility index (Phi) is 3.24. The summed E-state index contributed by atoms with van der Waals surface area (Å²) in [5.74, 6) is 0.827. The van der Waals surface area contributed by atoms with E-state index in [1.165, 1.54) is 5.69 Å². The standard InChI is InChI=1S/C11H17N5/c1-9-8-10(2)16(15-9)7-3-4-12-11-13-5-6-14-11/h5-6,8H,3-4,7H2,1-2H3,(H2,12,13,14). The van der Waals surface area contributed by atoms with Gasteiger partial charge in [-0.2, -0.15) is 5.10 Å². The molecule has 2 N–H and O–H groups in total. The van der Waals surface area contributed by atoms with Gasteiger partial charge in [0.2, 0.25) is 0 Å². The lowest BCUT2D eigenvalue weighted by Gasteiger charge is -2.05. The number of hydrogen-bond donors (Lipinski definition) is 2. The SMILES string of the molecule is Cc1cc(C)n(CCCNc2ncc[nH]2)n1. The minimum Gasteiger partial charge on any atom is -0.356 e. The average molecular weight is 219 g/mol. The lowest BCUT2D eigenvalue weighted by atomic mass is 10.4. The summed E-state index contributed by atoms with van der Waals surface area (Å²) < 4.78 is 2.04. The van der Waals surface area contributed by atoms with E-state index in [1.54, 1.807) is 6.20 Å². The van der Waals surface area contributed by atoms with Crippen LogP contribution in [0.5, 0.6) is 0 Å². The highest BCUT2D eigenvalue weighted by Crippen LogP contribution is 2.03. The third kappa shape index (κ3) is 2.62. The molecule has 0 unspecified atom stereocenters. The number of imidazole rings is 1. The van der Waals surface area contributed by atoms with Gasteiger partial charge in [0, 0.05) is 31.2 Å². The van der Waals surface area contributed by atoms with E-state index in [2.05, 4.69) is 33.4 Å². The van der Waals surface area contributed by atoms with Crippen molar-refractivity contribution in [1.29, 1.82) is 0 Å². The van der Waals surface area contributed by atoms with Crippen molar-refractivity contribution < 1.29 is 0 Å². The fourth-order valence-corrected chi connectivity index (χ4v) is 1.70. The molecular weight excluding hydrogens is 202 g/mol. The Hall–Kier alpha value is -1.78. The van der Waals surface area contributed by atoms with E-state index in [4.69, 9.17) is 0 Å². The molecule has 0 amide bonds. The quantitative estimate of drug-likeness (QED) is 0.753. The Bertz CT molecular complexity index is 429. The molecule has 86 valence electrons. The zero-order valence-corrected chi connectivity index (χ0v) is 9.70. The molecule has 0 aromatic carbocycles. The molecule has 0 spiro atoms. The van der Waals surface area contributed by atoms with Crippen molar-refractivity contribution in [3.05, 3.63) is 29.8 Å². The molecule has 5 heteroatoms. The van der Waals surface area contributed by atoms with Crippen molar-refractivity contribution in [1.82, 2.24) is 19.7 Å². The molecule has 2 rings (SSSR count). The number of rotatable bonds is 5. The summed E-state index contributed by atoms with van der Waals surface area (Å²) in [6.07, 6.45) is 4.58. The van der Waals surface area contributed by atoms with Crippen LogP contribution in [-0.4, -0.2) is 26.3 Å². The van der Waals surface area contributed by atoms with Crippen LogP contribution in [0.4, 0.5) is 5.95 Å². The summed E-state index contributed by atoms with van der Waals surface area (Å²) in [5, 5.41) is 7.62. The summed E-state index contributed by atoms with van der Waals surface area (Å²) in [4.78, 5) is 7.10. The van der Waals surface area contributed by atoms with Crippen molar-refractivity contribution in [2.45, 2.75) is 26.8 Å². The lowest BCUT2D eigenvalue weighted by molar-refractivity contribution is 0.573.